The largest absolute Gasteiger partial charge is 0.388 e. The van der Waals surface area contributed by atoms with Crippen molar-refractivity contribution in [2.24, 2.45) is 0 Å². The minimum atomic E-state index is -1.59. The van der Waals surface area contributed by atoms with Gasteiger partial charge in [0.25, 0.3) is 0 Å². The van der Waals surface area contributed by atoms with Crippen LogP contribution in [0.3, 0.4) is 0 Å². The van der Waals surface area contributed by atoms with Gasteiger partial charge in [0, 0.05) is 0 Å². The molecule has 48 heavy (non-hydrogen) atoms. The van der Waals surface area contributed by atoms with E-state index in [1.807, 2.05) is 0 Å². The van der Waals surface area contributed by atoms with Gasteiger partial charge in [-0.15, -0.1) is 0 Å². The molecule has 0 bridgehead atoms. The lowest BCUT2D eigenvalue weighted by molar-refractivity contribution is -0.187. The maximum Gasteiger partial charge on any atom is 0.114 e. The Balaban J connectivity index is 5.62. The summed E-state index contributed by atoms with van der Waals surface area (Å²) in [5, 5.41) is 63.7. The highest BCUT2D eigenvalue weighted by molar-refractivity contribution is 4.89. The van der Waals surface area contributed by atoms with E-state index in [9.17, 15) is 30.6 Å². The van der Waals surface area contributed by atoms with Gasteiger partial charge >= 0.3 is 0 Å². The van der Waals surface area contributed by atoms with Crippen LogP contribution in [0.2, 0.25) is 0 Å². The fourth-order valence-corrected chi connectivity index (χ4v) is 3.76. The third kappa shape index (κ3) is 26.3. The van der Waals surface area contributed by atoms with E-state index in [0.29, 0.717) is 0 Å². The molecule has 0 aromatic rings. The van der Waals surface area contributed by atoms with Gasteiger partial charge in [0.15, 0.2) is 0 Å². The number of hydrogen-bond acceptors (Lipinski definition) is 14. The van der Waals surface area contributed by atoms with E-state index in [0.717, 1.165) is 22.3 Å². The van der Waals surface area contributed by atoms with Crippen molar-refractivity contribution in [3.63, 3.8) is 0 Å². The fraction of sp³-hybridized carbons (Fsp3) is 0.765. The Morgan fingerprint density at radius 3 is 1.10 bits per heavy atom. The van der Waals surface area contributed by atoms with E-state index < -0.39 is 48.8 Å². The molecule has 0 amide bonds. The van der Waals surface area contributed by atoms with Crippen LogP contribution in [0.15, 0.2) is 48.6 Å². The number of aliphatic hydroxyl groups excluding tert-OH is 6. The number of rotatable bonds is 33. The van der Waals surface area contributed by atoms with Crippen molar-refractivity contribution in [2.45, 2.75) is 76.5 Å². The first-order valence-corrected chi connectivity index (χ1v) is 16.0. The van der Waals surface area contributed by atoms with Crippen LogP contribution in [0, 0.1) is 0 Å². The molecule has 0 radical (unpaired) electrons. The maximum absolute atomic E-state index is 11.4. The predicted octanol–water partition coefficient (Wildman–Crippen LogP) is 0.326. The van der Waals surface area contributed by atoms with Crippen LogP contribution < -0.4 is 0 Å². The van der Waals surface area contributed by atoms with Gasteiger partial charge in [0.1, 0.15) is 48.8 Å². The van der Waals surface area contributed by atoms with Crippen molar-refractivity contribution in [1.29, 1.82) is 0 Å². The molecule has 14 heteroatoms. The van der Waals surface area contributed by atoms with Crippen LogP contribution in [0.5, 0.6) is 0 Å². The summed E-state index contributed by atoms with van der Waals surface area (Å²) in [5.74, 6) is 0. The average molecular weight is 695 g/mol. The number of hydrogen-bond donors (Lipinski definition) is 6. The van der Waals surface area contributed by atoms with Crippen LogP contribution in [0.1, 0.15) is 27.7 Å². The van der Waals surface area contributed by atoms with Gasteiger partial charge in [-0.05, 0) is 27.7 Å². The topological polar surface area (TPSA) is 195 Å². The van der Waals surface area contributed by atoms with Gasteiger partial charge in [-0.1, -0.05) is 48.6 Å². The second kappa shape index (κ2) is 28.1. The van der Waals surface area contributed by atoms with Gasteiger partial charge in [-0.25, -0.2) is 0 Å². The predicted molar refractivity (Wildman–Crippen MR) is 180 cm³/mol. The Bertz CT molecular complexity index is 884. The molecule has 8 unspecified atom stereocenters. The van der Waals surface area contributed by atoms with Gasteiger partial charge in [-0.2, -0.15) is 0 Å². The molecule has 0 spiro atoms. The first-order valence-electron chi connectivity index (χ1n) is 16.0. The monoisotopic (exact) mass is 694 g/mol. The van der Waals surface area contributed by atoms with Gasteiger partial charge < -0.3 is 68.5 Å². The summed E-state index contributed by atoms with van der Waals surface area (Å²) in [5.41, 5.74) is 3.11. The zero-order valence-electron chi connectivity index (χ0n) is 29.3. The zero-order chi connectivity index (χ0) is 36.5. The molecular weight excluding hydrogens is 632 g/mol. The zero-order valence-corrected chi connectivity index (χ0v) is 29.3. The molecular formula is C34H62O14. The van der Waals surface area contributed by atoms with Crippen molar-refractivity contribution in [3.05, 3.63) is 48.6 Å². The van der Waals surface area contributed by atoms with Gasteiger partial charge in [0.2, 0.25) is 0 Å². The quantitative estimate of drug-likeness (QED) is 0.0515. The van der Waals surface area contributed by atoms with Crippen molar-refractivity contribution in [2.75, 3.05) is 92.5 Å². The lowest BCUT2D eigenvalue weighted by Crippen LogP contribution is -2.51. The Hall–Kier alpha value is -1.60. The molecule has 0 heterocycles. The van der Waals surface area contributed by atoms with Crippen LogP contribution in [-0.4, -0.2) is 172 Å². The van der Waals surface area contributed by atoms with Gasteiger partial charge in [0.05, 0.1) is 92.5 Å². The summed E-state index contributed by atoms with van der Waals surface area (Å²) in [6.45, 7) is 21.3. The average Bonchev–Trinajstić information content (AvgIpc) is 2.98. The summed E-state index contributed by atoms with van der Waals surface area (Å²) in [4.78, 5) is 0. The van der Waals surface area contributed by atoms with E-state index >= 15 is 0 Å². The van der Waals surface area contributed by atoms with Crippen LogP contribution in [-0.2, 0) is 37.9 Å². The van der Waals surface area contributed by atoms with Crippen molar-refractivity contribution < 1.29 is 68.5 Å². The summed E-state index contributed by atoms with van der Waals surface area (Å²) in [6.07, 6.45) is -9.81. The van der Waals surface area contributed by atoms with Crippen molar-refractivity contribution >= 4 is 0 Å². The summed E-state index contributed by atoms with van der Waals surface area (Å²) in [7, 11) is 0. The molecule has 0 saturated heterocycles. The van der Waals surface area contributed by atoms with E-state index in [1.165, 1.54) is 0 Å². The first kappa shape index (κ1) is 46.4. The molecule has 14 nitrogen and oxygen atoms in total. The SMILES string of the molecule is C=C(C)COCC(O)COCC(O)C(OCC(O)COCC(=C)C)C(O)C(COCC(O)COCC(=C)C)OCC(O)COCC(=C)C. The highest BCUT2D eigenvalue weighted by atomic mass is 16.6. The van der Waals surface area contributed by atoms with E-state index in [1.54, 1.807) is 27.7 Å². The minimum Gasteiger partial charge on any atom is -0.388 e. The maximum atomic E-state index is 11.4. The normalized spacial score (nSPS) is 16.8. The molecule has 8 atom stereocenters. The highest BCUT2D eigenvalue weighted by Gasteiger charge is 2.36. The standard InChI is InChI=1S/C34H62O14/c1-23(2)9-41-13-27(35)15-45-21-31(39)34(48-20-30(38)18-44-12-26(7)8)33(40)32(47-19-29(37)17-43-11-25(5)6)22-46-16-28(36)14-42-10-24(3)4/h27-40H,1,3,5,7,9-22H2,2,4,6,8H3. The van der Waals surface area contributed by atoms with Crippen molar-refractivity contribution in [1.82, 2.24) is 0 Å². The minimum absolute atomic E-state index is 0.0162. The van der Waals surface area contributed by atoms with Gasteiger partial charge in [-0.3, -0.25) is 0 Å². The summed E-state index contributed by atoms with van der Waals surface area (Å²) in [6, 6.07) is 0. The summed E-state index contributed by atoms with van der Waals surface area (Å²) < 4.78 is 44.1. The Kier molecular flexibility index (Phi) is 27.2. The third-order valence-corrected chi connectivity index (χ3v) is 5.91. The van der Waals surface area contributed by atoms with Crippen LogP contribution >= 0.6 is 0 Å². The molecule has 0 aromatic carbocycles. The first-order chi connectivity index (χ1) is 22.6. The van der Waals surface area contributed by atoms with Crippen LogP contribution in [0.25, 0.3) is 0 Å². The molecule has 0 aliphatic carbocycles. The lowest BCUT2D eigenvalue weighted by atomic mass is 10.0. The summed E-state index contributed by atoms with van der Waals surface area (Å²) >= 11 is 0. The molecule has 0 fully saturated rings. The Labute approximate surface area is 286 Å². The lowest BCUT2D eigenvalue weighted by Gasteiger charge is -2.33. The van der Waals surface area contributed by atoms with E-state index in [-0.39, 0.29) is 92.5 Å². The highest BCUT2D eigenvalue weighted by Crippen LogP contribution is 2.16. The second-order valence-electron chi connectivity index (χ2n) is 12.3. The fourth-order valence-electron chi connectivity index (χ4n) is 3.76. The molecule has 0 saturated carbocycles. The van der Waals surface area contributed by atoms with Crippen LogP contribution in [0.4, 0.5) is 0 Å². The molecule has 6 N–H and O–H groups in total. The van der Waals surface area contributed by atoms with Crippen molar-refractivity contribution in [3.8, 4) is 0 Å². The number of ether oxygens (including phenoxy) is 8. The molecule has 0 aliphatic heterocycles. The third-order valence-electron chi connectivity index (χ3n) is 5.91. The Morgan fingerprint density at radius 2 is 0.729 bits per heavy atom. The number of aliphatic hydroxyl groups is 6. The Morgan fingerprint density at radius 1 is 0.417 bits per heavy atom. The van der Waals surface area contributed by atoms with E-state index in [4.69, 9.17) is 37.9 Å². The second-order valence-corrected chi connectivity index (χ2v) is 12.3. The molecule has 282 valence electrons. The van der Waals surface area contributed by atoms with E-state index in [2.05, 4.69) is 26.3 Å². The molecule has 0 rings (SSSR count). The molecule has 0 aromatic heterocycles. The smallest absolute Gasteiger partial charge is 0.114 e. The molecule has 0 aliphatic rings.